The van der Waals surface area contributed by atoms with Gasteiger partial charge in [-0.2, -0.15) is 0 Å². The van der Waals surface area contributed by atoms with Crippen molar-refractivity contribution in [2.45, 2.75) is 72.1 Å². The quantitative estimate of drug-likeness (QED) is 0.818. The highest BCUT2D eigenvalue weighted by Crippen LogP contribution is 2.66. The molecule has 2 N–H and O–H groups in total. The molecule has 4 atom stereocenters. The molecule has 0 saturated heterocycles. The van der Waals surface area contributed by atoms with Crippen LogP contribution in [0.25, 0.3) is 0 Å². The molecule has 0 aromatic rings. The number of fused-ring (bicyclic) bond motifs is 1. The number of aliphatic hydroxyl groups excluding tert-OH is 2. The van der Waals surface area contributed by atoms with Crippen molar-refractivity contribution in [3.63, 3.8) is 0 Å². The first-order valence-electron chi connectivity index (χ1n) is 9.62. The lowest BCUT2D eigenvalue weighted by atomic mass is 9.59. The van der Waals surface area contributed by atoms with Gasteiger partial charge in [-0.3, -0.25) is 0 Å². The van der Waals surface area contributed by atoms with E-state index >= 15 is 0 Å². The predicted molar refractivity (Wildman–Crippen MR) is 90.4 cm³/mol. The van der Waals surface area contributed by atoms with Crippen LogP contribution in [0.1, 0.15) is 72.1 Å². The molecule has 3 saturated carbocycles. The molecule has 0 amide bonds. The fraction of sp³-hybridized carbons (Fsp3) is 1.00. The lowest BCUT2D eigenvalue weighted by Crippen LogP contribution is -2.39. The van der Waals surface area contributed by atoms with Crippen LogP contribution in [0.2, 0.25) is 0 Å². The molecule has 4 unspecified atom stereocenters. The minimum Gasteiger partial charge on any atom is -0.396 e. The van der Waals surface area contributed by atoms with Crippen LogP contribution in [0.4, 0.5) is 0 Å². The van der Waals surface area contributed by atoms with Crippen molar-refractivity contribution in [1.29, 1.82) is 0 Å². The third-order valence-corrected chi connectivity index (χ3v) is 7.94. The highest BCUT2D eigenvalue weighted by Gasteiger charge is 2.58. The van der Waals surface area contributed by atoms with E-state index < -0.39 is 0 Å². The zero-order valence-electron chi connectivity index (χ0n) is 14.9. The second kappa shape index (κ2) is 6.09. The molecule has 0 spiro atoms. The van der Waals surface area contributed by atoms with E-state index in [0.29, 0.717) is 35.9 Å². The molecule has 0 bridgehead atoms. The normalized spacial score (nSPS) is 48.1. The van der Waals surface area contributed by atoms with Gasteiger partial charge in [-0.25, -0.2) is 0 Å². The molecule has 3 aliphatic carbocycles. The third-order valence-electron chi connectivity index (χ3n) is 7.94. The van der Waals surface area contributed by atoms with Gasteiger partial charge in [0.25, 0.3) is 0 Å². The van der Waals surface area contributed by atoms with Gasteiger partial charge in [-0.05, 0) is 91.8 Å². The lowest BCUT2D eigenvalue weighted by Gasteiger charge is -2.46. The summed E-state index contributed by atoms with van der Waals surface area (Å²) < 4.78 is 0. The summed E-state index contributed by atoms with van der Waals surface area (Å²) in [6.07, 6.45) is 10.2. The summed E-state index contributed by atoms with van der Waals surface area (Å²) in [6, 6.07) is 0. The monoisotopic (exact) mass is 308 g/mol. The molecule has 128 valence electrons. The maximum atomic E-state index is 9.66. The summed E-state index contributed by atoms with van der Waals surface area (Å²) in [7, 11) is 0. The average molecular weight is 309 g/mol. The maximum absolute atomic E-state index is 9.66. The van der Waals surface area contributed by atoms with Gasteiger partial charge in [0.05, 0.1) is 0 Å². The van der Waals surface area contributed by atoms with E-state index in [-0.39, 0.29) is 0 Å². The van der Waals surface area contributed by atoms with Crippen molar-refractivity contribution in [2.75, 3.05) is 13.2 Å². The van der Waals surface area contributed by atoms with Crippen LogP contribution in [0, 0.1) is 40.4 Å². The van der Waals surface area contributed by atoms with E-state index in [9.17, 15) is 10.2 Å². The molecule has 22 heavy (non-hydrogen) atoms. The first-order valence-corrected chi connectivity index (χ1v) is 9.62. The molecule has 3 fully saturated rings. The average Bonchev–Trinajstić information content (AvgIpc) is 2.74. The second-order valence-corrected chi connectivity index (χ2v) is 9.65. The van der Waals surface area contributed by atoms with Crippen molar-refractivity contribution < 1.29 is 10.2 Å². The van der Waals surface area contributed by atoms with Crippen LogP contribution in [-0.2, 0) is 0 Å². The second-order valence-electron chi connectivity index (χ2n) is 9.65. The zero-order valence-corrected chi connectivity index (χ0v) is 14.9. The topological polar surface area (TPSA) is 40.5 Å². The minimum atomic E-state index is 0.383. The molecule has 0 aromatic carbocycles. The molecular weight excluding hydrogens is 272 g/mol. The van der Waals surface area contributed by atoms with Gasteiger partial charge in [0.2, 0.25) is 0 Å². The van der Waals surface area contributed by atoms with Gasteiger partial charge in [-0.15, -0.1) is 0 Å². The Balaban J connectivity index is 1.79. The Morgan fingerprint density at radius 2 is 1.36 bits per heavy atom. The fourth-order valence-corrected chi connectivity index (χ4v) is 6.78. The van der Waals surface area contributed by atoms with Crippen molar-refractivity contribution >= 4 is 0 Å². The molecule has 3 aliphatic rings. The number of rotatable bonds is 3. The maximum Gasteiger partial charge on any atom is 0.0459 e. The van der Waals surface area contributed by atoms with Crippen molar-refractivity contribution in [3.8, 4) is 0 Å². The minimum absolute atomic E-state index is 0.383. The molecule has 0 heterocycles. The summed E-state index contributed by atoms with van der Waals surface area (Å²) >= 11 is 0. The summed E-state index contributed by atoms with van der Waals surface area (Å²) in [4.78, 5) is 0. The zero-order chi connectivity index (χ0) is 16.0. The third kappa shape index (κ3) is 2.75. The summed E-state index contributed by atoms with van der Waals surface area (Å²) in [5.41, 5.74) is 0.927. The molecule has 0 aromatic heterocycles. The van der Waals surface area contributed by atoms with E-state index in [0.717, 1.165) is 17.8 Å². The lowest BCUT2D eigenvalue weighted by molar-refractivity contribution is 0.0135. The first-order chi connectivity index (χ1) is 10.4. The fourth-order valence-electron chi connectivity index (χ4n) is 6.78. The molecule has 2 nitrogen and oxygen atoms in total. The van der Waals surface area contributed by atoms with E-state index in [1.807, 2.05) is 0 Å². The van der Waals surface area contributed by atoms with E-state index in [1.165, 1.54) is 51.4 Å². The Morgan fingerprint density at radius 1 is 0.773 bits per heavy atom. The molecule has 0 aliphatic heterocycles. The highest BCUT2D eigenvalue weighted by molar-refractivity contribution is 5.07. The van der Waals surface area contributed by atoms with Gasteiger partial charge in [0, 0.05) is 13.2 Å². The number of hydrogen-bond acceptors (Lipinski definition) is 2. The number of aliphatic hydroxyl groups is 2. The van der Waals surface area contributed by atoms with Crippen molar-refractivity contribution in [1.82, 2.24) is 0 Å². The highest BCUT2D eigenvalue weighted by atomic mass is 16.3. The first kappa shape index (κ1) is 16.8. The van der Waals surface area contributed by atoms with Gasteiger partial charge < -0.3 is 10.2 Å². The van der Waals surface area contributed by atoms with Gasteiger partial charge >= 0.3 is 0 Å². The Morgan fingerprint density at radius 3 is 1.95 bits per heavy atom. The molecule has 2 heteroatoms. The summed E-state index contributed by atoms with van der Waals surface area (Å²) in [5, 5.41) is 19.1. The van der Waals surface area contributed by atoms with Crippen LogP contribution in [0.5, 0.6) is 0 Å². The molecule has 0 radical (unpaired) electrons. The number of hydrogen-bond donors (Lipinski definition) is 2. The van der Waals surface area contributed by atoms with Crippen LogP contribution >= 0.6 is 0 Å². The standard InChI is InChI=1S/C20H36O2/c1-19(2)13-20(3,16-7-4-14(11-21)5-8-16)18-10-15(12-22)6-9-17(18)19/h14-18,21-22H,4-13H2,1-3H3. The van der Waals surface area contributed by atoms with Crippen LogP contribution in [-0.4, -0.2) is 23.4 Å². The smallest absolute Gasteiger partial charge is 0.0459 e. The SMILES string of the molecule is CC1(C)CC(C)(C2CCC(CO)CC2)C2CC(CO)CCC21. The Labute approximate surface area is 136 Å². The van der Waals surface area contributed by atoms with Crippen molar-refractivity contribution in [3.05, 3.63) is 0 Å². The molecular formula is C20H36O2. The summed E-state index contributed by atoms with van der Waals surface area (Å²) in [6.45, 7) is 8.33. The Kier molecular flexibility index (Phi) is 4.64. The Hall–Kier alpha value is -0.0800. The van der Waals surface area contributed by atoms with E-state index in [4.69, 9.17) is 0 Å². The van der Waals surface area contributed by atoms with Gasteiger partial charge in [-0.1, -0.05) is 20.8 Å². The molecule has 3 rings (SSSR count). The van der Waals surface area contributed by atoms with Gasteiger partial charge in [0.1, 0.15) is 0 Å². The van der Waals surface area contributed by atoms with E-state index in [1.54, 1.807) is 0 Å². The van der Waals surface area contributed by atoms with Crippen LogP contribution < -0.4 is 0 Å². The van der Waals surface area contributed by atoms with Crippen molar-refractivity contribution in [2.24, 2.45) is 40.4 Å². The summed E-state index contributed by atoms with van der Waals surface area (Å²) in [5.74, 6) is 3.60. The Bertz CT molecular complexity index is 383. The van der Waals surface area contributed by atoms with Crippen LogP contribution in [0.3, 0.4) is 0 Å². The predicted octanol–water partition coefficient (Wildman–Crippen LogP) is 4.25. The van der Waals surface area contributed by atoms with E-state index in [2.05, 4.69) is 20.8 Å². The largest absolute Gasteiger partial charge is 0.396 e. The van der Waals surface area contributed by atoms with Crippen LogP contribution in [0.15, 0.2) is 0 Å². The van der Waals surface area contributed by atoms with Gasteiger partial charge in [0.15, 0.2) is 0 Å².